The number of hydrogen-bond donors (Lipinski definition) is 3. The molecule has 198 valence electrons. The maximum Gasteiger partial charge on any atom is 0.410 e. The van der Waals surface area contributed by atoms with E-state index in [-0.39, 0.29) is 35.7 Å². The van der Waals surface area contributed by atoms with E-state index in [9.17, 15) is 14.7 Å². The summed E-state index contributed by atoms with van der Waals surface area (Å²) < 4.78 is 12.8. The van der Waals surface area contributed by atoms with Crippen LogP contribution in [0.1, 0.15) is 65.4 Å². The van der Waals surface area contributed by atoms with Gasteiger partial charge in [-0.15, -0.1) is 0 Å². The highest BCUT2D eigenvalue weighted by Crippen LogP contribution is 2.33. The first-order valence-corrected chi connectivity index (χ1v) is 12.4. The zero-order valence-corrected chi connectivity index (χ0v) is 21.6. The number of nitrogens with zero attached hydrogens (tertiary/aromatic N) is 5. The monoisotopic (exact) mass is 511 g/mol. The minimum atomic E-state index is -0.701. The van der Waals surface area contributed by atoms with Crippen LogP contribution < -0.4 is 11.1 Å². The summed E-state index contributed by atoms with van der Waals surface area (Å²) in [6.07, 6.45) is 2.92. The number of fused-ring (bicyclic) bond motifs is 1. The van der Waals surface area contributed by atoms with Gasteiger partial charge in [-0.25, -0.2) is 19.7 Å². The molecule has 2 aromatic heterocycles. The minimum Gasteiger partial charge on any atom is -0.508 e. The molecule has 0 saturated carbocycles. The van der Waals surface area contributed by atoms with Crippen LogP contribution in [0.4, 0.5) is 10.6 Å². The van der Waals surface area contributed by atoms with E-state index in [1.807, 2.05) is 20.8 Å². The van der Waals surface area contributed by atoms with Gasteiger partial charge in [-0.05, 0) is 52.4 Å². The van der Waals surface area contributed by atoms with E-state index in [0.717, 1.165) is 12.8 Å². The third kappa shape index (κ3) is 6.04. The first-order valence-electron chi connectivity index (χ1n) is 12.4. The Balaban J connectivity index is 1.41. The molecule has 0 aliphatic carbocycles. The van der Waals surface area contributed by atoms with Crippen molar-refractivity contribution in [2.45, 2.75) is 65.2 Å². The number of hydrogen-bond acceptors (Lipinski definition) is 9. The second kappa shape index (κ2) is 10.5. The molecule has 37 heavy (non-hydrogen) atoms. The lowest BCUT2D eigenvalue weighted by atomic mass is 9.94. The molecule has 0 unspecified atom stereocenters. The van der Waals surface area contributed by atoms with Gasteiger partial charge in [-0.1, -0.05) is 5.92 Å². The van der Waals surface area contributed by atoms with Crippen molar-refractivity contribution in [1.82, 2.24) is 29.7 Å². The number of aliphatic hydroxyl groups is 1. The molecular weight excluding hydrogens is 478 g/mol. The van der Waals surface area contributed by atoms with E-state index in [2.05, 4.69) is 32.1 Å². The normalized spacial score (nSPS) is 18.4. The smallest absolute Gasteiger partial charge is 0.410 e. The largest absolute Gasteiger partial charge is 0.508 e. The maximum atomic E-state index is 12.3. The number of likely N-dealkylation sites (tertiary alicyclic amines) is 1. The number of imidazole rings is 1. The number of nitrogen functional groups attached to an aromatic ring is 1. The van der Waals surface area contributed by atoms with E-state index in [1.165, 1.54) is 6.33 Å². The van der Waals surface area contributed by atoms with Crippen molar-refractivity contribution in [2.75, 3.05) is 25.4 Å². The summed E-state index contributed by atoms with van der Waals surface area (Å²) in [5.74, 6) is 6.17. The molecule has 0 radical (unpaired) electrons. The van der Waals surface area contributed by atoms with Gasteiger partial charge in [0.25, 0.3) is 5.91 Å². The molecule has 1 atom stereocenters. The first-order chi connectivity index (χ1) is 17.6. The van der Waals surface area contributed by atoms with Crippen LogP contribution in [0.3, 0.4) is 0 Å². The lowest BCUT2D eigenvalue weighted by molar-refractivity contribution is -0.122. The fraction of sp³-hybridized carbons (Fsp3) is 0.560. The second-order valence-corrected chi connectivity index (χ2v) is 10.1. The van der Waals surface area contributed by atoms with Gasteiger partial charge in [0.15, 0.2) is 17.7 Å². The molecule has 0 aromatic carbocycles. The molecule has 0 bridgehead atoms. The van der Waals surface area contributed by atoms with Crippen LogP contribution in [0.2, 0.25) is 0 Å². The van der Waals surface area contributed by atoms with Gasteiger partial charge >= 0.3 is 6.09 Å². The lowest BCUT2D eigenvalue weighted by Crippen LogP contribution is -2.41. The molecule has 4 N–H and O–H groups in total. The standard InChI is InChI=1S/C25H33N7O5/c1-5-27-23(34)20-16(33)13-18(36-20)32-14-28-19-21(26)29-17(30-22(19)32)8-6-7-15-9-11-31(12-10-15)24(35)37-25(2,3)4/h14-15,18,33H,5,7,9-13H2,1-4H3,(H,27,34)(H2,26,29,30)/t18-/m1/s1. The summed E-state index contributed by atoms with van der Waals surface area (Å²) in [5.41, 5.74) is 6.38. The Labute approximate surface area is 215 Å². The number of nitrogens with two attached hydrogens (primary N) is 1. The Hall–Kier alpha value is -4.01. The Kier molecular flexibility index (Phi) is 7.42. The number of anilines is 1. The van der Waals surface area contributed by atoms with E-state index in [4.69, 9.17) is 15.2 Å². The Morgan fingerprint density at radius 3 is 2.70 bits per heavy atom. The van der Waals surface area contributed by atoms with Crippen LogP contribution in [0, 0.1) is 17.8 Å². The fourth-order valence-corrected chi connectivity index (χ4v) is 4.21. The van der Waals surface area contributed by atoms with E-state index < -0.39 is 17.7 Å². The summed E-state index contributed by atoms with van der Waals surface area (Å²) in [4.78, 5) is 39.2. The highest BCUT2D eigenvalue weighted by Gasteiger charge is 2.33. The number of aromatic nitrogens is 4. The van der Waals surface area contributed by atoms with E-state index in [0.29, 0.717) is 43.1 Å². The number of likely N-dealkylation sites (N-methyl/N-ethyl adjacent to an activating group) is 1. The Morgan fingerprint density at radius 2 is 2.03 bits per heavy atom. The Bertz CT molecular complexity index is 1280. The van der Waals surface area contributed by atoms with Gasteiger partial charge in [-0.3, -0.25) is 9.36 Å². The lowest BCUT2D eigenvalue weighted by Gasteiger charge is -2.32. The summed E-state index contributed by atoms with van der Waals surface area (Å²) >= 11 is 0. The number of nitrogens with one attached hydrogen (secondary N) is 1. The van der Waals surface area contributed by atoms with E-state index in [1.54, 1.807) is 16.4 Å². The van der Waals surface area contributed by atoms with Gasteiger partial charge in [0.05, 0.1) is 6.42 Å². The number of amides is 2. The average molecular weight is 512 g/mol. The van der Waals surface area contributed by atoms with Crippen LogP contribution in [-0.2, 0) is 14.3 Å². The predicted octanol–water partition coefficient (Wildman–Crippen LogP) is 2.62. The first kappa shape index (κ1) is 26.1. The highest BCUT2D eigenvalue weighted by molar-refractivity contribution is 5.92. The quantitative estimate of drug-likeness (QED) is 0.525. The molecule has 12 heteroatoms. The predicted molar refractivity (Wildman–Crippen MR) is 135 cm³/mol. The number of carbonyl (C=O) groups is 2. The topological polar surface area (TPSA) is 158 Å². The minimum absolute atomic E-state index is 0.0881. The van der Waals surface area contributed by atoms with Gasteiger partial charge in [0, 0.05) is 26.1 Å². The van der Waals surface area contributed by atoms with Crippen LogP contribution in [0.5, 0.6) is 0 Å². The van der Waals surface area contributed by atoms with Crippen LogP contribution in [-0.4, -0.2) is 66.8 Å². The van der Waals surface area contributed by atoms with Crippen molar-refractivity contribution in [3.63, 3.8) is 0 Å². The zero-order valence-electron chi connectivity index (χ0n) is 21.6. The van der Waals surface area contributed by atoms with Gasteiger partial charge in [-0.2, -0.15) is 0 Å². The SMILES string of the molecule is CCNC(=O)C1=C(O)C[C@H](n2cnc3c(N)nc(C#CCC4CCN(C(=O)OC(C)(C)C)CC4)nc32)O1. The summed E-state index contributed by atoms with van der Waals surface area (Å²) in [6.45, 7) is 9.03. The zero-order chi connectivity index (χ0) is 26.7. The third-order valence-electron chi connectivity index (χ3n) is 6.04. The van der Waals surface area contributed by atoms with Crippen molar-refractivity contribution in [3.05, 3.63) is 23.7 Å². The van der Waals surface area contributed by atoms with Crippen LogP contribution in [0.15, 0.2) is 17.8 Å². The molecule has 0 spiro atoms. The van der Waals surface area contributed by atoms with Gasteiger partial charge in [0.1, 0.15) is 23.2 Å². The number of aliphatic hydroxyl groups excluding tert-OH is 1. The molecule has 4 rings (SSSR count). The summed E-state index contributed by atoms with van der Waals surface area (Å²) in [5, 5.41) is 12.8. The molecule has 1 fully saturated rings. The van der Waals surface area contributed by atoms with Crippen molar-refractivity contribution < 1.29 is 24.2 Å². The van der Waals surface area contributed by atoms with Gasteiger partial charge < -0.3 is 30.5 Å². The molecular formula is C25H33N7O5. The molecule has 2 aliphatic rings. The molecule has 2 aromatic rings. The van der Waals surface area contributed by atoms with Crippen LogP contribution >= 0.6 is 0 Å². The number of rotatable bonds is 4. The Morgan fingerprint density at radius 1 is 1.30 bits per heavy atom. The van der Waals surface area contributed by atoms with Gasteiger partial charge in [0.2, 0.25) is 11.6 Å². The molecule has 4 heterocycles. The average Bonchev–Trinajstić information content (AvgIpc) is 3.42. The molecule has 1 saturated heterocycles. The number of piperidine rings is 1. The summed E-state index contributed by atoms with van der Waals surface area (Å²) in [6, 6.07) is 0. The van der Waals surface area contributed by atoms with Crippen molar-refractivity contribution >= 4 is 29.0 Å². The molecule has 2 amide bonds. The maximum absolute atomic E-state index is 12.3. The molecule has 12 nitrogen and oxygen atoms in total. The van der Waals surface area contributed by atoms with Crippen LogP contribution in [0.25, 0.3) is 11.2 Å². The highest BCUT2D eigenvalue weighted by atomic mass is 16.6. The second-order valence-electron chi connectivity index (χ2n) is 10.1. The number of ether oxygens (including phenoxy) is 2. The third-order valence-corrected chi connectivity index (χ3v) is 6.04. The van der Waals surface area contributed by atoms with E-state index >= 15 is 0 Å². The number of carbonyl (C=O) groups excluding carboxylic acids is 2. The molecule has 2 aliphatic heterocycles. The summed E-state index contributed by atoms with van der Waals surface area (Å²) in [7, 11) is 0. The fourth-order valence-electron chi connectivity index (χ4n) is 4.21. The van der Waals surface area contributed by atoms with Crippen molar-refractivity contribution in [1.29, 1.82) is 0 Å². The van der Waals surface area contributed by atoms with Crippen molar-refractivity contribution in [2.24, 2.45) is 5.92 Å². The van der Waals surface area contributed by atoms with Crippen molar-refractivity contribution in [3.8, 4) is 11.8 Å².